The zero-order chi connectivity index (χ0) is 12.8. The third kappa shape index (κ3) is 4.19. The van der Waals surface area contributed by atoms with Crippen LogP contribution in [0, 0.1) is 5.41 Å². The van der Waals surface area contributed by atoms with Crippen molar-refractivity contribution in [3.05, 3.63) is 48.6 Å². The minimum atomic E-state index is -0.441. The lowest BCUT2D eigenvalue weighted by atomic mass is 9.79. The normalized spacial score (nSPS) is 15.8. The van der Waals surface area contributed by atoms with Crippen LogP contribution in [-0.4, -0.2) is 11.2 Å². The topological polar surface area (TPSA) is 20.2 Å². The second kappa shape index (κ2) is 6.49. The molecule has 0 aromatic carbocycles. The van der Waals surface area contributed by atoms with Crippen molar-refractivity contribution in [3.63, 3.8) is 0 Å². The smallest absolute Gasteiger partial charge is 0.0790 e. The largest absolute Gasteiger partial charge is 0.388 e. The number of aliphatic hydroxyl groups excluding tert-OH is 1. The Hall–Kier alpha value is -1.08. The molecule has 0 aliphatic heterocycles. The van der Waals surface area contributed by atoms with Crippen LogP contribution in [0.25, 0.3) is 0 Å². The number of hydrogen-bond donors (Lipinski definition) is 1. The predicted octanol–water partition coefficient (Wildman–Crippen LogP) is 4.03. The fraction of sp³-hybridized carbons (Fsp3) is 0.467. The van der Waals surface area contributed by atoms with Crippen LogP contribution in [0.1, 0.15) is 34.1 Å². The van der Waals surface area contributed by atoms with Crippen molar-refractivity contribution in [2.24, 2.45) is 5.41 Å². The summed E-state index contributed by atoms with van der Waals surface area (Å²) in [6, 6.07) is 0. The molecular formula is C15H24O. The Balaban J connectivity index is 5.47. The molecule has 0 amide bonds. The van der Waals surface area contributed by atoms with Crippen molar-refractivity contribution in [2.75, 3.05) is 0 Å². The molecule has 0 radical (unpaired) electrons. The Morgan fingerprint density at radius 1 is 1.19 bits per heavy atom. The van der Waals surface area contributed by atoms with Crippen LogP contribution in [0.2, 0.25) is 0 Å². The highest BCUT2D eigenvalue weighted by atomic mass is 16.3. The highest BCUT2D eigenvalue weighted by molar-refractivity contribution is 5.41. The van der Waals surface area contributed by atoms with Gasteiger partial charge in [-0.1, -0.05) is 65.2 Å². The first-order valence-electron chi connectivity index (χ1n) is 5.72. The summed E-state index contributed by atoms with van der Waals surface area (Å²) in [5, 5.41) is 10.0. The molecular weight excluding hydrogens is 196 g/mol. The number of hydrogen-bond acceptors (Lipinski definition) is 1. The molecule has 0 spiro atoms. The molecule has 1 N–H and O–H groups in total. The highest BCUT2D eigenvalue weighted by Gasteiger charge is 2.23. The highest BCUT2D eigenvalue weighted by Crippen LogP contribution is 2.33. The van der Waals surface area contributed by atoms with Gasteiger partial charge in [-0.2, -0.15) is 0 Å². The van der Waals surface area contributed by atoms with Crippen LogP contribution in [-0.2, 0) is 0 Å². The van der Waals surface area contributed by atoms with Gasteiger partial charge in [0.2, 0.25) is 0 Å². The Morgan fingerprint density at radius 3 is 2.00 bits per heavy atom. The van der Waals surface area contributed by atoms with Gasteiger partial charge in [-0.3, -0.25) is 0 Å². The van der Waals surface area contributed by atoms with Crippen LogP contribution in [0.3, 0.4) is 0 Å². The van der Waals surface area contributed by atoms with E-state index in [4.69, 9.17) is 0 Å². The van der Waals surface area contributed by atoms with Crippen molar-refractivity contribution in [1.82, 2.24) is 0 Å². The molecule has 1 atom stereocenters. The molecule has 0 aliphatic rings. The zero-order valence-electron chi connectivity index (χ0n) is 11.0. The third-order valence-corrected chi connectivity index (χ3v) is 2.45. The quantitative estimate of drug-likeness (QED) is 0.694. The van der Waals surface area contributed by atoms with Crippen molar-refractivity contribution >= 4 is 0 Å². The summed E-state index contributed by atoms with van der Waals surface area (Å²) in [5.41, 5.74) is 2.03. The van der Waals surface area contributed by atoms with E-state index >= 15 is 0 Å². The average Bonchev–Trinajstić information content (AvgIpc) is 2.20. The van der Waals surface area contributed by atoms with E-state index in [-0.39, 0.29) is 5.41 Å². The fourth-order valence-corrected chi connectivity index (χ4v) is 1.62. The van der Waals surface area contributed by atoms with Gasteiger partial charge < -0.3 is 5.11 Å². The molecule has 90 valence electrons. The first-order valence-corrected chi connectivity index (χ1v) is 5.72. The summed E-state index contributed by atoms with van der Waals surface area (Å²) < 4.78 is 0. The van der Waals surface area contributed by atoms with Gasteiger partial charge in [-0.15, -0.1) is 0 Å². The summed E-state index contributed by atoms with van der Waals surface area (Å²) in [6.45, 7) is 15.8. The van der Waals surface area contributed by atoms with Crippen LogP contribution in [0.4, 0.5) is 0 Å². The maximum Gasteiger partial charge on any atom is 0.0790 e. The molecule has 0 aromatic rings. The summed E-state index contributed by atoms with van der Waals surface area (Å²) in [4.78, 5) is 0. The molecule has 0 aromatic heterocycles. The number of rotatable bonds is 5. The summed E-state index contributed by atoms with van der Waals surface area (Å²) >= 11 is 0. The number of aliphatic hydroxyl groups is 1. The van der Waals surface area contributed by atoms with E-state index in [2.05, 4.69) is 33.9 Å². The Kier molecular flexibility index (Phi) is 6.05. The lowest BCUT2D eigenvalue weighted by Crippen LogP contribution is -2.19. The molecule has 0 heterocycles. The van der Waals surface area contributed by atoms with E-state index in [0.29, 0.717) is 6.42 Å². The second-order valence-electron chi connectivity index (χ2n) is 4.85. The van der Waals surface area contributed by atoms with Crippen LogP contribution in [0.15, 0.2) is 48.6 Å². The monoisotopic (exact) mass is 220 g/mol. The third-order valence-electron chi connectivity index (χ3n) is 2.45. The molecule has 0 rings (SSSR count). The Morgan fingerprint density at radius 2 is 1.69 bits per heavy atom. The van der Waals surface area contributed by atoms with Gasteiger partial charge in [0.05, 0.1) is 6.10 Å². The van der Waals surface area contributed by atoms with Crippen molar-refractivity contribution < 1.29 is 5.11 Å². The molecule has 16 heavy (non-hydrogen) atoms. The fourth-order valence-electron chi connectivity index (χ4n) is 1.62. The van der Waals surface area contributed by atoms with Crippen LogP contribution < -0.4 is 0 Å². The van der Waals surface area contributed by atoms with Gasteiger partial charge in [0.25, 0.3) is 0 Å². The van der Waals surface area contributed by atoms with Crippen LogP contribution in [0.5, 0.6) is 0 Å². The summed E-state index contributed by atoms with van der Waals surface area (Å²) in [6.07, 6.45) is 7.59. The van der Waals surface area contributed by atoms with E-state index in [1.807, 2.05) is 19.1 Å². The minimum absolute atomic E-state index is 0.0147. The van der Waals surface area contributed by atoms with Gasteiger partial charge >= 0.3 is 0 Å². The van der Waals surface area contributed by atoms with Gasteiger partial charge in [0.1, 0.15) is 0 Å². The summed E-state index contributed by atoms with van der Waals surface area (Å²) in [5.74, 6) is 0. The molecule has 0 aliphatic carbocycles. The van der Waals surface area contributed by atoms with Gasteiger partial charge in [0, 0.05) is 0 Å². The minimum Gasteiger partial charge on any atom is -0.388 e. The van der Waals surface area contributed by atoms with Crippen LogP contribution >= 0.6 is 0 Å². The summed E-state index contributed by atoms with van der Waals surface area (Å²) in [7, 11) is 0. The van der Waals surface area contributed by atoms with E-state index in [1.54, 1.807) is 12.2 Å². The standard InChI is InChI=1S/C15H24O/c1-7-10-12(14(16)9-3)13(11-8-2)15(4,5)6/h7-8,10-11,14,16H,1-2,9H2,3-6H3/b12-10+,13-11+. The Labute approximate surface area is 99.9 Å². The molecule has 1 heteroatoms. The van der Waals surface area contributed by atoms with Gasteiger partial charge in [0.15, 0.2) is 0 Å². The van der Waals surface area contributed by atoms with E-state index < -0.39 is 6.10 Å². The number of allylic oxidation sites excluding steroid dienone is 4. The first-order chi connectivity index (χ1) is 7.38. The second-order valence-corrected chi connectivity index (χ2v) is 4.85. The lowest BCUT2D eigenvalue weighted by molar-refractivity contribution is 0.205. The van der Waals surface area contributed by atoms with Crippen molar-refractivity contribution in [2.45, 2.75) is 40.2 Å². The molecule has 0 bridgehead atoms. The van der Waals surface area contributed by atoms with Crippen molar-refractivity contribution in [1.29, 1.82) is 0 Å². The van der Waals surface area contributed by atoms with Gasteiger partial charge in [-0.05, 0) is 23.0 Å². The molecule has 1 unspecified atom stereocenters. The first kappa shape index (κ1) is 14.9. The van der Waals surface area contributed by atoms with Gasteiger partial charge in [-0.25, -0.2) is 0 Å². The van der Waals surface area contributed by atoms with E-state index in [9.17, 15) is 5.11 Å². The predicted molar refractivity (Wildman–Crippen MR) is 72.3 cm³/mol. The SMILES string of the molecule is C=C/C=C(\C(=C/C=C)C(O)CC)C(C)(C)C. The van der Waals surface area contributed by atoms with E-state index in [1.165, 1.54) is 0 Å². The Bertz CT molecular complexity index is 300. The molecule has 0 saturated carbocycles. The lowest BCUT2D eigenvalue weighted by Gasteiger charge is -2.27. The molecule has 0 saturated heterocycles. The molecule has 1 nitrogen and oxygen atoms in total. The average molecular weight is 220 g/mol. The zero-order valence-corrected chi connectivity index (χ0v) is 11.0. The maximum atomic E-state index is 10.0. The van der Waals surface area contributed by atoms with E-state index in [0.717, 1.165) is 11.1 Å². The van der Waals surface area contributed by atoms with Crippen molar-refractivity contribution in [3.8, 4) is 0 Å². The maximum absolute atomic E-state index is 10.0. The molecule has 0 fully saturated rings.